The molecule has 1 saturated carbocycles. The van der Waals surface area contributed by atoms with Crippen LogP contribution >= 0.6 is 0 Å². The Balaban J connectivity index is 1.40. The van der Waals surface area contributed by atoms with Crippen LogP contribution in [-0.2, 0) is 11.2 Å². The molecule has 1 aromatic carbocycles. The van der Waals surface area contributed by atoms with Crippen molar-refractivity contribution >= 4 is 5.91 Å². The van der Waals surface area contributed by atoms with Crippen LogP contribution in [0.3, 0.4) is 0 Å². The lowest BCUT2D eigenvalue weighted by Gasteiger charge is -2.34. The van der Waals surface area contributed by atoms with Gasteiger partial charge in [-0.05, 0) is 61.7 Å². The minimum absolute atomic E-state index is 0.241. The van der Waals surface area contributed by atoms with E-state index in [0.717, 1.165) is 30.1 Å². The number of para-hydroxylation sites is 1. The Morgan fingerprint density at radius 2 is 1.96 bits per heavy atom. The fourth-order valence-electron chi connectivity index (χ4n) is 4.72. The molecule has 2 aliphatic rings. The number of hydrogen-bond acceptors (Lipinski definition) is 3. The van der Waals surface area contributed by atoms with Gasteiger partial charge in [-0.15, -0.1) is 0 Å². The highest BCUT2D eigenvalue weighted by molar-refractivity contribution is 5.82. The maximum Gasteiger partial charge on any atom is 0.223 e. The largest absolute Gasteiger partial charge is 0.496 e. The van der Waals surface area contributed by atoms with E-state index >= 15 is 0 Å². The van der Waals surface area contributed by atoms with E-state index in [1.165, 1.54) is 45.3 Å². The molecule has 1 amide bonds. The Labute approximate surface area is 164 Å². The van der Waals surface area contributed by atoms with E-state index in [1.54, 1.807) is 7.11 Å². The molecule has 1 heterocycles. The molecule has 1 aliphatic heterocycles. The number of nitrogens with one attached hydrogen (secondary N) is 1. The molecular formula is C23H36N2O2. The van der Waals surface area contributed by atoms with Gasteiger partial charge in [0, 0.05) is 19.0 Å². The van der Waals surface area contributed by atoms with Gasteiger partial charge in [0.25, 0.3) is 0 Å². The molecule has 3 rings (SSSR count). The van der Waals surface area contributed by atoms with Gasteiger partial charge in [-0.25, -0.2) is 0 Å². The van der Waals surface area contributed by atoms with E-state index in [9.17, 15) is 4.79 Å². The molecule has 4 nitrogen and oxygen atoms in total. The monoisotopic (exact) mass is 372 g/mol. The maximum atomic E-state index is 12.6. The van der Waals surface area contributed by atoms with Crippen LogP contribution in [0.1, 0.15) is 51.5 Å². The van der Waals surface area contributed by atoms with Gasteiger partial charge < -0.3 is 15.0 Å². The first kappa shape index (κ1) is 20.2. The van der Waals surface area contributed by atoms with Gasteiger partial charge in [0.15, 0.2) is 0 Å². The highest BCUT2D eigenvalue weighted by Gasteiger charge is 2.58. The summed E-state index contributed by atoms with van der Waals surface area (Å²) in [5, 5.41) is 3.17. The number of carbonyl (C=O) groups excluding carboxylic acids is 1. The zero-order chi connectivity index (χ0) is 19.3. The second-order valence-electron chi connectivity index (χ2n) is 8.46. The summed E-state index contributed by atoms with van der Waals surface area (Å²) in [5.74, 6) is 2.23. The summed E-state index contributed by atoms with van der Waals surface area (Å²) >= 11 is 0. The van der Waals surface area contributed by atoms with Crippen LogP contribution in [0.2, 0.25) is 0 Å². The quantitative estimate of drug-likeness (QED) is 0.715. The van der Waals surface area contributed by atoms with Crippen molar-refractivity contribution in [1.29, 1.82) is 0 Å². The highest BCUT2D eigenvalue weighted by atomic mass is 16.5. The summed E-state index contributed by atoms with van der Waals surface area (Å²) < 4.78 is 5.39. The van der Waals surface area contributed by atoms with Gasteiger partial charge in [-0.1, -0.05) is 44.9 Å². The summed E-state index contributed by atoms with van der Waals surface area (Å²) in [6, 6.07) is 8.04. The van der Waals surface area contributed by atoms with Crippen LogP contribution in [-0.4, -0.2) is 44.1 Å². The number of methoxy groups -OCH3 is 1. The molecule has 0 bridgehead atoms. The molecule has 1 N–H and O–H groups in total. The standard InChI is InChI=1S/C23H36N2O2/c1-4-18(5-2)17-25-14-11-23(12-15-25)16-20(23)22(26)24-13-10-19-8-6-7-9-21(19)27-3/h6-9,18,20H,4-5,10-17H2,1-3H3,(H,24,26)/t20-/m0/s1. The molecule has 4 heteroatoms. The van der Waals surface area contributed by atoms with Crippen LogP contribution in [0, 0.1) is 17.3 Å². The molecule has 0 radical (unpaired) electrons. The molecule has 1 atom stereocenters. The number of amides is 1. The predicted molar refractivity (Wildman–Crippen MR) is 110 cm³/mol. The molecule has 1 aliphatic carbocycles. The van der Waals surface area contributed by atoms with Crippen LogP contribution in [0.15, 0.2) is 24.3 Å². The Morgan fingerprint density at radius 1 is 1.26 bits per heavy atom. The average molecular weight is 373 g/mol. The minimum Gasteiger partial charge on any atom is -0.496 e. The number of hydrogen-bond donors (Lipinski definition) is 1. The van der Waals surface area contributed by atoms with Crippen LogP contribution < -0.4 is 10.1 Å². The highest BCUT2D eigenvalue weighted by Crippen LogP contribution is 2.59. The SMILES string of the molecule is CCC(CC)CN1CCC2(CC1)C[C@H]2C(=O)NCCc1ccccc1OC. The van der Waals surface area contributed by atoms with Crippen molar-refractivity contribution in [3.05, 3.63) is 29.8 Å². The third-order valence-electron chi connectivity index (χ3n) is 6.92. The smallest absolute Gasteiger partial charge is 0.223 e. The Hall–Kier alpha value is -1.55. The van der Waals surface area contributed by atoms with E-state index in [0.29, 0.717) is 12.0 Å². The Bertz CT molecular complexity index is 619. The van der Waals surface area contributed by atoms with Gasteiger partial charge in [-0.2, -0.15) is 0 Å². The predicted octanol–water partition coefficient (Wildman–Crippen LogP) is 3.89. The van der Waals surface area contributed by atoms with Crippen molar-refractivity contribution in [2.24, 2.45) is 17.3 Å². The molecule has 150 valence electrons. The number of likely N-dealkylation sites (tertiary alicyclic amines) is 1. The summed E-state index contributed by atoms with van der Waals surface area (Å²) in [6.45, 7) is 8.85. The maximum absolute atomic E-state index is 12.6. The molecule has 0 unspecified atom stereocenters. The van der Waals surface area contributed by atoms with Crippen molar-refractivity contribution in [3.8, 4) is 5.75 Å². The van der Waals surface area contributed by atoms with Gasteiger partial charge in [0.1, 0.15) is 5.75 Å². The summed E-state index contributed by atoms with van der Waals surface area (Å²) in [7, 11) is 1.70. The Kier molecular flexibility index (Phi) is 6.80. The van der Waals surface area contributed by atoms with Gasteiger partial charge in [0.05, 0.1) is 7.11 Å². The molecule has 1 aromatic rings. The third-order valence-corrected chi connectivity index (χ3v) is 6.92. The Morgan fingerprint density at radius 3 is 2.63 bits per heavy atom. The lowest BCUT2D eigenvalue weighted by Crippen LogP contribution is -2.39. The minimum atomic E-state index is 0.241. The average Bonchev–Trinajstić information content (AvgIpc) is 3.41. The normalized spacial score (nSPS) is 21.4. The number of rotatable bonds is 9. The zero-order valence-corrected chi connectivity index (χ0v) is 17.3. The van der Waals surface area contributed by atoms with Crippen molar-refractivity contribution < 1.29 is 9.53 Å². The number of carbonyl (C=O) groups is 1. The van der Waals surface area contributed by atoms with Crippen LogP contribution in [0.5, 0.6) is 5.75 Å². The van der Waals surface area contributed by atoms with E-state index in [-0.39, 0.29) is 11.8 Å². The summed E-state index contributed by atoms with van der Waals surface area (Å²) in [4.78, 5) is 15.2. The van der Waals surface area contributed by atoms with E-state index in [4.69, 9.17) is 4.74 Å². The lowest BCUT2D eigenvalue weighted by atomic mass is 9.89. The second-order valence-corrected chi connectivity index (χ2v) is 8.46. The first-order valence-electron chi connectivity index (χ1n) is 10.7. The summed E-state index contributed by atoms with van der Waals surface area (Å²) in [5.41, 5.74) is 1.46. The van der Waals surface area contributed by atoms with Crippen LogP contribution in [0.4, 0.5) is 0 Å². The molecule has 2 fully saturated rings. The molecule has 0 aromatic heterocycles. The molecular weight excluding hydrogens is 336 g/mol. The third kappa shape index (κ3) is 4.84. The van der Waals surface area contributed by atoms with E-state index < -0.39 is 0 Å². The fraction of sp³-hybridized carbons (Fsp3) is 0.696. The molecule has 1 spiro atoms. The number of nitrogens with zero attached hydrogens (tertiary/aromatic N) is 1. The summed E-state index contributed by atoms with van der Waals surface area (Å²) in [6.07, 6.45) is 6.84. The van der Waals surface area contributed by atoms with Crippen LogP contribution in [0.25, 0.3) is 0 Å². The molecule has 27 heavy (non-hydrogen) atoms. The van der Waals surface area contributed by atoms with Gasteiger partial charge in [-0.3, -0.25) is 4.79 Å². The van der Waals surface area contributed by atoms with Crippen molar-refractivity contribution in [1.82, 2.24) is 10.2 Å². The van der Waals surface area contributed by atoms with Gasteiger partial charge in [0.2, 0.25) is 5.91 Å². The van der Waals surface area contributed by atoms with E-state index in [1.807, 2.05) is 18.2 Å². The number of benzene rings is 1. The number of ether oxygens (including phenoxy) is 1. The molecule has 1 saturated heterocycles. The number of piperidine rings is 1. The topological polar surface area (TPSA) is 41.6 Å². The zero-order valence-electron chi connectivity index (χ0n) is 17.3. The second kappa shape index (κ2) is 9.09. The van der Waals surface area contributed by atoms with Gasteiger partial charge >= 0.3 is 0 Å². The lowest BCUT2D eigenvalue weighted by molar-refractivity contribution is -0.123. The van der Waals surface area contributed by atoms with Crippen molar-refractivity contribution in [2.45, 2.75) is 52.4 Å². The fourth-order valence-corrected chi connectivity index (χ4v) is 4.72. The first-order chi connectivity index (χ1) is 13.1. The first-order valence-corrected chi connectivity index (χ1v) is 10.7. The van der Waals surface area contributed by atoms with Crippen molar-refractivity contribution in [2.75, 3.05) is 33.3 Å². The van der Waals surface area contributed by atoms with Crippen molar-refractivity contribution in [3.63, 3.8) is 0 Å². The van der Waals surface area contributed by atoms with E-state index in [2.05, 4.69) is 30.1 Å².